The number of aromatic nitrogens is 1. The third-order valence-corrected chi connectivity index (χ3v) is 3.29. The Morgan fingerprint density at radius 3 is 3.06 bits per heavy atom. The van der Waals surface area contributed by atoms with Crippen molar-refractivity contribution in [2.24, 2.45) is 10.9 Å². The fourth-order valence-corrected chi connectivity index (χ4v) is 2.18. The SMILES string of the molecule is Cc1ccnc(N(C)C2CCOC2)c1/C(N)=N/O. The highest BCUT2D eigenvalue weighted by Crippen LogP contribution is 2.24. The molecular formula is C12H18N4O2. The molecule has 6 heteroatoms. The lowest BCUT2D eigenvalue weighted by Crippen LogP contribution is -2.34. The molecule has 98 valence electrons. The van der Waals surface area contributed by atoms with E-state index in [1.54, 1.807) is 6.20 Å². The molecule has 1 aliphatic heterocycles. The van der Waals surface area contributed by atoms with Gasteiger partial charge in [0.15, 0.2) is 5.84 Å². The number of aryl methyl sites for hydroxylation is 1. The van der Waals surface area contributed by atoms with Crippen molar-refractivity contribution in [3.8, 4) is 0 Å². The minimum Gasteiger partial charge on any atom is -0.409 e. The van der Waals surface area contributed by atoms with Gasteiger partial charge in [-0.15, -0.1) is 0 Å². The Kier molecular flexibility index (Phi) is 3.66. The molecule has 2 heterocycles. The Labute approximate surface area is 106 Å². The van der Waals surface area contributed by atoms with Crippen molar-refractivity contribution >= 4 is 11.7 Å². The van der Waals surface area contributed by atoms with E-state index in [0.29, 0.717) is 12.2 Å². The predicted octanol–water partition coefficient (Wildman–Crippen LogP) is 0.710. The van der Waals surface area contributed by atoms with Gasteiger partial charge in [0.1, 0.15) is 5.82 Å². The van der Waals surface area contributed by atoms with Gasteiger partial charge in [-0.3, -0.25) is 0 Å². The van der Waals surface area contributed by atoms with E-state index >= 15 is 0 Å². The summed E-state index contributed by atoms with van der Waals surface area (Å²) in [4.78, 5) is 6.39. The quantitative estimate of drug-likeness (QED) is 0.357. The van der Waals surface area contributed by atoms with E-state index in [1.807, 2.05) is 24.9 Å². The summed E-state index contributed by atoms with van der Waals surface area (Å²) in [7, 11) is 1.95. The zero-order valence-electron chi connectivity index (χ0n) is 10.6. The van der Waals surface area contributed by atoms with Crippen molar-refractivity contribution in [1.82, 2.24) is 4.98 Å². The lowest BCUT2D eigenvalue weighted by atomic mass is 10.1. The highest BCUT2D eigenvalue weighted by Gasteiger charge is 2.24. The summed E-state index contributed by atoms with van der Waals surface area (Å²) >= 11 is 0. The molecule has 0 bridgehead atoms. The Morgan fingerprint density at radius 2 is 2.44 bits per heavy atom. The number of ether oxygens (including phenoxy) is 1. The van der Waals surface area contributed by atoms with Gasteiger partial charge in [-0.25, -0.2) is 4.98 Å². The summed E-state index contributed by atoms with van der Waals surface area (Å²) in [5.41, 5.74) is 7.34. The third kappa shape index (κ3) is 2.24. The molecule has 2 rings (SSSR count). The smallest absolute Gasteiger partial charge is 0.174 e. The number of anilines is 1. The highest BCUT2D eigenvalue weighted by atomic mass is 16.5. The first-order valence-electron chi connectivity index (χ1n) is 5.89. The van der Waals surface area contributed by atoms with Crippen LogP contribution in [0, 0.1) is 6.92 Å². The molecule has 1 atom stereocenters. The molecule has 0 saturated carbocycles. The molecule has 3 N–H and O–H groups in total. The molecular weight excluding hydrogens is 232 g/mol. The van der Waals surface area contributed by atoms with E-state index in [0.717, 1.165) is 24.4 Å². The van der Waals surface area contributed by atoms with Gasteiger partial charge in [0, 0.05) is 19.9 Å². The Morgan fingerprint density at radius 1 is 1.67 bits per heavy atom. The number of hydrogen-bond acceptors (Lipinski definition) is 5. The zero-order chi connectivity index (χ0) is 13.1. The number of amidine groups is 1. The molecule has 1 aromatic heterocycles. The van der Waals surface area contributed by atoms with E-state index in [1.165, 1.54) is 0 Å². The van der Waals surface area contributed by atoms with Crippen molar-refractivity contribution in [3.63, 3.8) is 0 Å². The molecule has 1 aromatic rings. The minimum absolute atomic E-state index is 0.0846. The van der Waals surface area contributed by atoms with E-state index in [-0.39, 0.29) is 11.9 Å². The van der Waals surface area contributed by atoms with Crippen LogP contribution in [0.4, 0.5) is 5.82 Å². The van der Waals surface area contributed by atoms with Crippen LogP contribution in [-0.2, 0) is 4.74 Å². The number of rotatable bonds is 3. The number of likely N-dealkylation sites (N-methyl/N-ethyl adjacent to an activating group) is 1. The molecule has 0 aliphatic carbocycles. The molecule has 18 heavy (non-hydrogen) atoms. The molecule has 1 unspecified atom stereocenters. The molecule has 1 fully saturated rings. The topological polar surface area (TPSA) is 84.0 Å². The van der Waals surface area contributed by atoms with Gasteiger partial charge in [-0.1, -0.05) is 5.16 Å². The van der Waals surface area contributed by atoms with Gasteiger partial charge in [0.25, 0.3) is 0 Å². The number of hydrogen-bond donors (Lipinski definition) is 2. The molecule has 0 amide bonds. The first-order chi connectivity index (χ1) is 8.65. The maximum atomic E-state index is 8.88. The van der Waals surface area contributed by atoms with Crippen molar-refractivity contribution < 1.29 is 9.94 Å². The average molecular weight is 250 g/mol. The Hall–Kier alpha value is -1.82. The number of oxime groups is 1. The van der Waals surface area contributed by atoms with Crippen LogP contribution in [-0.4, -0.2) is 42.3 Å². The molecule has 1 aliphatic rings. The van der Waals surface area contributed by atoms with Crippen LogP contribution in [0.5, 0.6) is 0 Å². The molecule has 0 spiro atoms. The predicted molar refractivity (Wildman–Crippen MR) is 69.1 cm³/mol. The standard InChI is InChI=1S/C12H18N4O2/c1-8-3-5-14-12(10(8)11(13)15-17)16(2)9-4-6-18-7-9/h3,5,9,17H,4,6-7H2,1-2H3,(H2,13,15). The van der Waals surface area contributed by atoms with E-state index < -0.39 is 0 Å². The summed E-state index contributed by atoms with van der Waals surface area (Å²) in [5.74, 6) is 0.808. The maximum Gasteiger partial charge on any atom is 0.174 e. The van der Waals surface area contributed by atoms with Crippen LogP contribution < -0.4 is 10.6 Å². The van der Waals surface area contributed by atoms with Crippen molar-refractivity contribution in [3.05, 3.63) is 23.4 Å². The second-order valence-electron chi connectivity index (χ2n) is 4.44. The minimum atomic E-state index is 0.0846. The summed E-state index contributed by atoms with van der Waals surface area (Å²) in [5, 5.41) is 12.0. The third-order valence-electron chi connectivity index (χ3n) is 3.29. The average Bonchev–Trinajstić information content (AvgIpc) is 2.90. The van der Waals surface area contributed by atoms with Gasteiger partial charge in [-0.05, 0) is 25.0 Å². The van der Waals surface area contributed by atoms with E-state index in [2.05, 4.69) is 10.1 Å². The van der Waals surface area contributed by atoms with Crippen molar-refractivity contribution in [1.29, 1.82) is 0 Å². The van der Waals surface area contributed by atoms with Crippen LogP contribution in [0.25, 0.3) is 0 Å². The Bertz CT molecular complexity index is 455. The Balaban J connectivity index is 2.40. The highest BCUT2D eigenvalue weighted by molar-refractivity contribution is 6.02. The van der Waals surface area contributed by atoms with Crippen LogP contribution >= 0.6 is 0 Å². The lowest BCUT2D eigenvalue weighted by Gasteiger charge is -2.26. The largest absolute Gasteiger partial charge is 0.409 e. The monoisotopic (exact) mass is 250 g/mol. The number of pyridine rings is 1. The van der Waals surface area contributed by atoms with E-state index in [4.69, 9.17) is 15.7 Å². The van der Waals surface area contributed by atoms with Gasteiger partial charge in [0.2, 0.25) is 0 Å². The fourth-order valence-electron chi connectivity index (χ4n) is 2.18. The van der Waals surface area contributed by atoms with Gasteiger partial charge in [-0.2, -0.15) is 0 Å². The van der Waals surface area contributed by atoms with Crippen LogP contribution in [0.2, 0.25) is 0 Å². The molecule has 6 nitrogen and oxygen atoms in total. The van der Waals surface area contributed by atoms with Gasteiger partial charge < -0.3 is 20.6 Å². The number of nitrogens with zero attached hydrogens (tertiary/aromatic N) is 3. The molecule has 1 saturated heterocycles. The second-order valence-corrected chi connectivity index (χ2v) is 4.44. The summed E-state index contributed by atoms with van der Waals surface area (Å²) in [6.07, 6.45) is 2.69. The number of nitrogens with two attached hydrogens (primary N) is 1. The summed E-state index contributed by atoms with van der Waals surface area (Å²) in [6, 6.07) is 2.13. The van der Waals surface area contributed by atoms with Crippen molar-refractivity contribution in [2.45, 2.75) is 19.4 Å². The fraction of sp³-hybridized carbons (Fsp3) is 0.500. The van der Waals surface area contributed by atoms with E-state index in [9.17, 15) is 0 Å². The molecule has 0 aromatic carbocycles. The van der Waals surface area contributed by atoms with Crippen LogP contribution in [0.3, 0.4) is 0 Å². The van der Waals surface area contributed by atoms with Gasteiger partial charge in [0.05, 0.1) is 18.2 Å². The zero-order valence-corrected chi connectivity index (χ0v) is 10.6. The van der Waals surface area contributed by atoms with Gasteiger partial charge >= 0.3 is 0 Å². The van der Waals surface area contributed by atoms with Crippen molar-refractivity contribution in [2.75, 3.05) is 25.2 Å². The second kappa shape index (κ2) is 5.22. The summed E-state index contributed by atoms with van der Waals surface area (Å²) < 4.78 is 5.38. The molecule has 0 radical (unpaired) electrons. The first kappa shape index (κ1) is 12.6. The normalized spacial score (nSPS) is 20.1. The van der Waals surface area contributed by atoms with Crippen LogP contribution in [0.15, 0.2) is 17.4 Å². The van der Waals surface area contributed by atoms with Crippen LogP contribution in [0.1, 0.15) is 17.5 Å². The lowest BCUT2D eigenvalue weighted by molar-refractivity contribution is 0.193. The summed E-state index contributed by atoms with van der Waals surface area (Å²) in [6.45, 7) is 3.36. The maximum absolute atomic E-state index is 8.88. The first-order valence-corrected chi connectivity index (χ1v) is 5.89.